The van der Waals surface area contributed by atoms with Gasteiger partial charge in [0.15, 0.2) is 0 Å². The van der Waals surface area contributed by atoms with Crippen molar-refractivity contribution in [2.24, 2.45) is 11.6 Å². The molecule has 0 bridgehead atoms. The van der Waals surface area contributed by atoms with Crippen LogP contribution in [-0.4, -0.2) is 37.2 Å². The van der Waals surface area contributed by atoms with Crippen LogP contribution in [0.2, 0.25) is 0 Å². The van der Waals surface area contributed by atoms with Crippen LogP contribution in [0.25, 0.3) is 0 Å². The Morgan fingerprint density at radius 1 is 1.31 bits per heavy atom. The first-order valence-corrected chi connectivity index (χ1v) is 4.42. The first-order chi connectivity index (χ1) is 7.60. The number of ether oxygens (including phenoxy) is 2. The van der Waals surface area contributed by atoms with E-state index in [-0.39, 0.29) is 6.61 Å². The molecule has 0 aliphatic carbocycles. The average molecular weight is 229 g/mol. The van der Waals surface area contributed by atoms with Crippen molar-refractivity contribution < 1.29 is 19.1 Å². The third kappa shape index (κ3) is 7.39. The van der Waals surface area contributed by atoms with Gasteiger partial charge >= 0.3 is 11.9 Å². The van der Waals surface area contributed by atoms with Crippen LogP contribution in [0, 0.1) is 0 Å². The van der Waals surface area contributed by atoms with Gasteiger partial charge in [0.1, 0.15) is 6.61 Å². The molecular weight excluding hydrogens is 214 g/mol. The smallest absolute Gasteiger partial charge is 0.331 e. The maximum absolute atomic E-state index is 11.0. The highest BCUT2D eigenvalue weighted by Crippen LogP contribution is 1.86. The van der Waals surface area contributed by atoms with Crippen molar-refractivity contribution >= 4 is 11.9 Å². The van der Waals surface area contributed by atoms with Crippen molar-refractivity contribution in [1.82, 2.24) is 5.01 Å². The highest BCUT2D eigenvalue weighted by atomic mass is 16.5. The summed E-state index contributed by atoms with van der Waals surface area (Å²) in [5.74, 6) is 4.13. The first kappa shape index (κ1) is 14.0. The number of hydrazine groups is 1. The van der Waals surface area contributed by atoms with Crippen molar-refractivity contribution in [3.63, 3.8) is 0 Å². The van der Waals surface area contributed by atoms with Crippen molar-refractivity contribution in [3.8, 4) is 0 Å². The summed E-state index contributed by atoms with van der Waals surface area (Å²) in [6.45, 7) is 0.386. The second-order valence-corrected chi connectivity index (χ2v) is 2.60. The summed E-state index contributed by atoms with van der Waals surface area (Å²) < 4.78 is 9.01. The van der Waals surface area contributed by atoms with Crippen molar-refractivity contribution in [2.75, 3.05) is 20.3 Å². The predicted octanol–water partition coefficient (Wildman–Crippen LogP) is -1.14. The molecule has 0 rings (SSSR count). The van der Waals surface area contributed by atoms with E-state index in [4.69, 9.17) is 16.3 Å². The number of nitrogens with two attached hydrogens (primary N) is 2. The van der Waals surface area contributed by atoms with Gasteiger partial charge in [-0.2, -0.15) is 0 Å². The Hall–Kier alpha value is -2.02. The zero-order valence-electron chi connectivity index (χ0n) is 8.96. The van der Waals surface area contributed by atoms with Crippen LogP contribution in [0.5, 0.6) is 0 Å². The lowest BCUT2D eigenvalue weighted by molar-refractivity contribution is -0.139. The molecule has 0 aliphatic heterocycles. The van der Waals surface area contributed by atoms with E-state index in [1.807, 2.05) is 0 Å². The summed E-state index contributed by atoms with van der Waals surface area (Å²) in [4.78, 5) is 21.6. The standard InChI is InChI=1S/C9H15N3O4/c1-15-8(13)2-3-9(14)16-7-6-12(11)5-4-10/h2-5H,6-7,10-11H2,1H3/b3-2+,5-4-. The maximum Gasteiger partial charge on any atom is 0.331 e. The maximum atomic E-state index is 11.0. The molecule has 0 saturated heterocycles. The second kappa shape index (κ2) is 8.30. The highest BCUT2D eigenvalue weighted by Gasteiger charge is 2.00. The van der Waals surface area contributed by atoms with Gasteiger partial charge in [0.25, 0.3) is 0 Å². The minimum atomic E-state index is -0.643. The van der Waals surface area contributed by atoms with Gasteiger partial charge in [0, 0.05) is 24.6 Å². The lowest BCUT2D eigenvalue weighted by Crippen LogP contribution is -2.29. The third-order valence-corrected chi connectivity index (χ3v) is 1.43. The summed E-state index contributed by atoms with van der Waals surface area (Å²) in [5.41, 5.74) is 5.08. The molecule has 0 heterocycles. The largest absolute Gasteiger partial charge is 0.466 e. The minimum absolute atomic E-state index is 0.0885. The van der Waals surface area contributed by atoms with Gasteiger partial charge in [-0.3, -0.25) is 0 Å². The fourth-order valence-corrected chi connectivity index (χ4v) is 0.689. The Kier molecular flexibility index (Phi) is 7.25. The molecule has 4 N–H and O–H groups in total. The van der Waals surface area contributed by atoms with E-state index in [0.29, 0.717) is 6.54 Å². The number of nitrogens with zero attached hydrogens (tertiary/aromatic N) is 1. The van der Waals surface area contributed by atoms with Crippen LogP contribution < -0.4 is 11.6 Å². The normalized spacial score (nSPS) is 10.6. The van der Waals surface area contributed by atoms with Gasteiger partial charge in [0.2, 0.25) is 0 Å². The van der Waals surface area contributed by atoms with E-state index in [9.17, 15) is 9.59 Å². The molecule has 0 atom stereocenters. The minimum Gasteiger partial charge on any atom is -0.466 e. The fraction of sp³-hybridized carbons (Fsp3) is 0.333. The Balaban J connectivity index is 3.74. The van der Waals surface area contributed by atoms with Gasteiger partial charge in [-0.05, 0) is 0 Å². The predicted molar refractivity (Wildman–Crippen MR) is 56.3 cm³/mol. The van der Waals surface area contributed by atoms with Crippen molar-refractivity contribution in [2.45, 2.75) is 0 Å². The molecule has 0 unspecified atom stereocenters. The Morgan fingerprint density at radius 3 is 2.50 bits per heavy atom. The summed E-state index contributed by atoms with van der Waals surface area (Å²) >= 11 is 0. The highest BCUT2D eigenvalue weighted by molar-refractivity contribution is 5.91. The molecule has 0 saturated carbocycles. The van der Waals surface area contributed by atoms with Crippen LogP contribution in [0.15, 0.2) is 24.6 Å². The number of hydrogen-bond acceptors (Lipinski definition) is 7. The summed E-state index contributed by atoms with van der Waals surface area (Å²) in [5, 5.41) is 1.26. The molecular formula is C9H15N3O4. The zero-order valence-corrected chi connectivity index (χ0v) is 8.96. The monoisotopic (exact) mass is 229 g/mol. The molecule has 0 aromatic heterocycles. The molecule has 16 heavy (non-hydrogen) atoms. The lowest BCUT2D eigenvalue weighted by atomic mass is 10.5. The fourth-order valence-electron chi connectivity index (χ4n) is 0.689. The molecule has 0 fully saturated rings. The van der Waals surface area contributed by atoms with E-state index >= 15 is 0 Å². The van der Waals surface area contributed by atoms with E-state index in [0.717, 1.165) is 12.2 Å². The van der Waals surface area contributed by atoms with E-state index in [1.54, 1.807) is 0 Å². The summed E-state index contributed by atoms with van der Waals surface area (Å²) in [6, 6.07) is 0. The Labute approximate surface area is 93.2 Å². The summed E-state index contributed by atoms with van der Waals surface area (Å²) in [7, 11) is 1.21. The van der Waals surface area contributed by atoms with Crippen LogP contribution in [0.3, 0.4) is 0 Å². The second-order valence-electron chi connectivity index (χ2n) is 2.60. The number of carbonyl (C=O) groups excluding carboxylic acids is 2. The number of methoxy groups -OCH3 is 1. The Morgan fingerprint density at radius 2 is 1.94 bits per heavy atom. The van der Waals surface area contributed by atoms with E-state index < -0.39 is 11.9 Å². The van der Waals surface area contributed by atoms with Gasteiger partial charge in [-0.1, -0.05) is 0 Å². The molecule has 0 radical (unpaired) electrons. The van der Waals surface area contributed by atoms with Gasteiger partial charge in [-0.15, -0.1) is 0 Å². The van der Waals surface area contributed by atoms with E-state index in [2.05, 4.69) is 4.74 Å². The first-order valence-electron chi connectivity index (χ1n) is 4.42. The van der Waals surface area contributed by atoms with Crippen LogP contribution >= 0.6 is 0 Å². The topological polar surface area (TPSA) is 108 Å². The molecule has 0 aromatic carbocycles. The SMILES string of the molecule is COC(=O)/C=C/C(=O)OCCN(N)/C=C\N. The average Bonchev–Trinajstić information content (AvgIpc) is 2.26. The van der Waals surface area contributed by atoms with Gasteiger partial charge in [0.05, 0.1) is 13.7 Å². The number of esters is 2. The molecule has 7 nitrogen and oxygen atoms in total. The van der Waals surface area contributed by atoms with Gasteiger partial charge in [-0.25, -0.2) is 15.4 Å². The molecule has 0 aromatic rings. The number of hydrogen-bond donors (Lipinski definition) is 2. The van der Waals surface area contributed by atoms with Crippen molar-refractivity contribution in [1.29, 1.82) is 0 Å². The summed E-state index contributed by atoms with van der Waals surface area (Å²) in [6.07, 6.45) is 4.64. The van der Waals surface area contributed by atoms with Crippen LogP contribution in [-0.2, 0) is 19.1 Å². The quantitative estimate of drug-likeness (QED) is 0.256. The molecule has 0 spiro atoms. The third-order valence-electron chi connectivity index (χ3n) is 1.43. The zero-order chi connectivity index (χ0) is 12.4. The molecule has 7 heteroatoms. The number of rotatable bonds is 6. The van der Waals surface area contributed by atoms with E-state index in [1.165, 1.54) is 24.5 Å². The lowest BCUT2D eigenvalue weighted by Gasteiger charge is -2.11. The molecule has 0 amide bonds. The van der Waals surface area contributed by atoms with Gasteiger partial charge < -0.3 is 20.2 Å². The molecule has 90 valence electrons. The van der Waals surface area contributed by atoms with Crippen LogP contribution in [0.4, 0.5) is 0 Å². The number of carbonyl (C=O) groups is 2. The Bertz CT molecular complexity index is 288. The van der Waals surface area contributed by atoms with Crippen molar-refractivity contribution in [3.05, 3.63) is 24.6 Å². The molecule has 0 aliphatic rings. The van der Waals surface area contributed by atoms with Crippen LogP contribution in [0.1, 0.15) is 0 Å².